The molecule has 2 heterocycles. The molecule has 2 N–H and O–H groups in total. The van der Waals surface area contributed by atoms with Crippen LogP contribution >= 0.6 is 0 Å². The molecule has 0 spiro atoms. The third kappa shape index (κ3) is 10.0. The van der Waals surface area contributed by atoms with Crippen LogP contribution in [-0.2, 0) is 21.7 Å². The van der Waals surface area contributed by atoms with Gasteiger partial charge in [-0.05, 0) is 51.0 Å². The molecule has 0 bridgehead atoms. The fourth-order valence-corrected chi connectivity index (χ4v) is 4.09. The zero-order valence-corrected chi connectivity index (χ0v) is 25.4. The number of nitrogens with one attached hydrogen (secondary N) is 2. The minimum absolute atomic E-state index is 0. The zero-order chi connectivity index (χ0) is 30.8. The number of H-pyrrole nitrogens is 2. The monoisotopic (exact) mass is 626 g/mol. The van der Waals surface area contributed by atoms with Gasteiger partial charge in [0.2, 0.25) is 0 Å². The molecule has 9 heteroatoms. The van der Waals surface area contributed by atoms with Gasteiger partial charge in [0.15, 0.2) is 0 Å². The Bertz CT molecular complexity index is 1480. The van der Waals surface area contributed by atoms with Gasteiger partial charge in [0.1, 0.15) is 0 Å². The predicted molar refractivity (Wildman–Crippen MR) is 153 cm³/mol. The van der Waals surface area contributed by atoms with Crippen molar-refractivity contribution in [2.75, 3.05) is 0 Å². The van der Waals surface area contributed by atoms with E-state index >= 15 is 0 Å². The molecule has 4 aromatic carbocycles. The summed E-state index contributed by atoms with van der Waals surface area (Å²) in [5.74, 6) is -5.95. The molecule has 0 saturated heterocycles. The summed E-state index contributed by atoms with van der Waals surface area (Å²) in [6.45, 7) is 6.95. The summed E-state index contributed by atoms with van der Waals surface area (Å²) in [5.41, 5.74) is 3.14. The van der Waals surface area contributed by atoms with Gasteiger partial charge in [0.05, 0.1) is 0 Å². The molecule has 6 rings (SSSR count). The van der Waals surface area contributed by atoms with Gasteiger partial charge in [-0.25, -0.2) is 50.6 Å². The predicted octanol–water partition coefficient (Wildman–Crippen LogP) is 9.84. The SMILES string of the molecule is Cc1cc(-c2c(F)[c-]c(F)cc2F)c(C)[nH]1.Cc1cc(-c2c(F)[c-]c(F)cc2F)c(C)[nH]1.[Ti+4].c1cc[cH-]c1.c1cc[cH-]c1. The number of hydrogen-bond donors (Lipinski definition) is 2. The molecular weight excluding hydrogens is 598 g/mol. The molecule has 0 amide bonds. The molecule has 43 heavy (non-hydrogen) atoms. The van der Waals surface area contributed by atoms with E-state index < -0.39 is 34.9 Å². The van der Waals surface area contributed by atoms with Gasteiger partial charge in [0.25, 0.3) is 0 Å². The number of aryl methyl sites for hydroxylation is 4. The second-order valence-corrected chi connectivity index (χ2v) is 9.21. The van der Waals surface area contributed by atoms with Crippen molar-refractivity contribution in [1.82, 2.24) is 9.97 Å². The minimum Gasteiger partial charge on any atom is -0.363 e. The molecule has 0 unspecified atom stereocenters. The van der Waals surface area contributed by atoms with E-state index in [1.807, 2.05) is 72.8 Å². The van der Waals surface area contributed by atoms with Crippen LogP contribution < -0.4 is 0 Å². The van der Waals surface area contributed by atoms with Gasteiger partial charge in [-0.2, -0.15) is 36.4 Å². The average molecular weight is 626 g/mol. The van der Waals surface area contributed by atoms with Gasteiger partial charge >= 0.3 is 21.7 Å². The van der Waals surface area contributed by atoms with Crippen LogP contribution in [0.5, 0.6) is 0 Å². The quantitative estimate of drug-likeness (QED) is 0.109. The molecule has 2 aromatic heterocycles. The van der Waals surface area contributed by atoms with Crippen molar-refractivity contribution in [1.29, 1.82) is 0 Å². The van der Waals surface area contributed by atoms with Crippen LogP contribution in [0.2, 0.25) is 0 Å². The first-order valence-corrected chi connectivity index (χ1v) is 12.8. The second-order valence-electron chi connectivity index (χ2n) is 9.21. The Balaban J connectivity index is 0.000000223. The van der Waals surface area contributed by atoms with Crippen LogP contribution in [0, 0.1) is 74.7 Å². The van der Waals surface area contributed by atoms with Crippen molar-refractivity contribution in [2.24, 2.45) is 0 Å². The Morgan fingerprint density at radius 1 is 0.535 bits per heavy atom. The molecular formula is C34H28F6N2Ti. The third-order valence-electron chi connectivity index (χ3n) is 5.83. The van der Waals surface area contributed by atoms with Gasteiger partial charge in [0, 0.05) is 57.7 Å². The van der Waals surface area contributed by atoms with Crippen molar-refractivity contribution < 1.29 is 48.1 Å². The van der Waals surface area contributed by atoms with E-state index in [4.69, 9.17) is 0 Å². The maximum atomic E-state index is 13.5. The number of rotatable bonds is 2. The van der Waals surface area contributed by atoms with Crippen LogP contribution in [0.3, 0.4) is 0 Å². The molecule has 0 atom stereocenters. The molecule has 220 valence electrons. The number of aromatic nitrogens is 2. The van der Waals surface area contributed by atoms with Crippen molar-refractivity contribution in [3.63, 3.8) is 0 Å². The van der Waals surface area contributed by atoms with E-state index in [1.165, 1.54) is 0 Å². The minimum atomic E-state index is -1.04. The van der Waals surface area contributed by atoms with Gasteiger partial charge in [-0.15, -0.1) is 12.1 Å². The van der Waals surface area contributed by atoms with E-state index in [-0.39, 0.29) is 32.8 Å². The summed E-state index contributed by atoms with van der Waals surface area (Å²) in [5, 5.41) is 0. The molecule has 0 radical (unpaired) electrons. The topological polar surface area (TPSA) is 31.6 Å². The van der Waals surface area contributed by atoms with Crippen LogP contribution in [0.25, 0.3) is 22.3 Å². The van der Waals surface area contributed by atoms with Crippen molar-refractivity contribution in [3.8, 4) is 22.3 Å². The molecule has 0 aliphatic carbocycles. The molecule has 6 aromatic rings. The first kappa shape index (κ1) is 35.2. The summed E-state index contributed by atoms with van der Waals surface area (Å²) >= 11 is 0. The fourth-order valence-electron chi connectivity index (χ4n) is 4.09. The van der Waals surface area contributed by atoms with Crippen molar-refractivity contribution >= 4 is 0 Å². The Kier molecular flexibility index (Phi) is 13.6. The van der Waals surface area contributed by atoms with E-state index in [0.717, 1.165) is 11.4 Å². The smallest absolute Gasteiger partial charge is 0.363 e. The summed E-state index contributed by atoms with van der Waals surface area (Å²) < 4.78 is 79.2. The van der Waals surface area contributed by atoms with Crippen LogP contribution in [0.1, 0.15) is 22.8 Å². The molecule has 0 saturated carbocycles. The van der Waals surface area contributed by atoms with Gasteiger partial charge < -0.3 is 9.97 Å². The number of benzene rings is 2. The molecule has 0 aliphatic heterocycles. The third-order valence-corrected chi connectivity index (χ3v) is 5.83. The Morgan fingerprint density at radius 2 is 0.860 bits per heavy atom. The standard InChI is InChI=1S/2C12H9F3N.2C5H5.Ti/c2*1-6-3-9(7(2)16-6)12-10(14)4-8(13)5-11(12)15;2*1-2-4-5-3-1;/h2*3-4,16H,1-2H3;2*1-5H;/q4*-1;+4. The van der Waals surface area contributed by atoms with Crippen LogP contribution in [0.4, 0.5) is 26.3 Å². The van der Waals surface area contributed by atoms with E-state index in [1.54, 1.807) is 39.8 Å². The number of aromatic amines is 2. The summed E-state index contributed by atoms with van der Waals surface area (Å²) in [6, 6.07) is 28.1. The van der Waals surface area contributed by atoms with Crippen molar-refractivity contribution in [2.45, 2.75) is 27.7 Å². The Hall–Kier alpha value is -4.01. The van der Waals surface area contributed by atoms with Gasteiger partial charge in [-0.3, -0.25) is 0 Å². The maximum Gasteiger partial charge on any atom is 4.00 e. The molecule has 0 fully saturated rings. The Morgan fingerprint density at radius 3 is 1.07 bits per heavy atom. The van der Waals surface area contributed by atoms with E-state index in [0.29, 0.717) is 34.6 Å². The molecule has 0 aliphatic rings. The largest absolute Gasteiger partial charge is 4.00 e. The number of halogens is 6. The van der Waals surface area contributed by atoms with Crippen molar-refractivity contribution in [3.05, 3.63) is 155 Å². The molecule has 2 nitrogen and oxygen atoms in total. The number of hydrogen-bond acceptors (Lipinski definition) is 0. The summed E-state index contributed by atoms with van der Waals surface area (Å²) in [6.07, 6.45) is 0. The van der Waals surface area contributed by atoms with Gasteiger partial charge in [-0.1, -0.05) is 23.3 Å². The summed E-state index contributed by atoms with van der Waals surface area (Å²) in [7, 11) is 0. The Labute approximate surface area is 262 Å². The first-order chi connectivity index (χ1) is 20.0. The second kappa shape index (κ2) is 16.6. The normalized spacial score (nSPS) is 9.91. The zero-order valence-electron chi connectivity index (χ0n) is 23.9. The maximum absolute atomic E-state index is 13.5. The first-order valence-electron chi connectivity index (χ1n) is 12.8. The van der Waals surface area contributed by atoms with Crippen LogP contribution in [-0.4, -0.2) is 9.97 Å². The fraction of sp³-hybridized carbons (Fsp3) is 0.118. The summed E-state index contributed by atoms with van der Waals surface area (Å²) in [4.78, 5) is 5.87. The average Bonchev–Trinajstić information content (AvgIpc) is 3.71. The van der Waals surface area contributed by atoms with E-state index in [2.05, 4.69) is 9.97 Å². The van der Waals surface area contributed by atoms with E-state index in [9.17, 15) is 26.3 Å². The van der Waals surface area contributed by atoms with Crippen LogP contribution in [0.15, 0.2) is 84.9 Å².